The molecule has 0 aromatic carbocycles. The van der Waals surface area contributed by atoms with Gasteiger partial charge in [0.2, 0.25) is 0 Å². The molecule has 0 aromatic heterocycles. The second-order valence-electron chi connectivity index (χ2n) is 7.52. The Morgan fingerprint density at radius 2 is 0.800 bits per heavy atom. The van der Waals surface area contributed by atoms with E-state index in [-0.39, 0.29) is 12.2 Å². The van der Waals surface area contributed by atoms with Gasteiger partial charge in [0.1, 0.15) is 0 Å². The molecule has 0 saturated carbocycles. The van der Waals surface area contributed by atoms with Gasteiger partial charge in [-0.3, -0.25) is 0 Å². The minimum absolute atomic E-state index is 0.0493. The fourth-order valence-electron chi connectivity index (χ4n) is 3.19. The van der Waals surface area contributed by atoms with Crippen LogP contribution >= 0.6 is 0 Å². The molecule has 0 amide bonds. The fourth-order valence-corrected chi connectivity index (χ4v) is 20.9. The third kappa shape index (κ3) is 7.86. The summed E-state index contributed by atoms with van der Waals surface area (Å²) in [6, 6.07) is 6.49. The third-order valence-corrected chi connectivity index (χ3v) is 23.2. The van der Waals surface area contributed by atoms with Gasteiger partial charge in [0.15, 0.2) is 0 Å². The van der Waals surface area contributed by atoms with E-state index in [9.17, 15) is 0 Å². The molecule has 0 spiro atoms. The van der Waals surface area contributed by atoms with Crippen LogP contribution < -0.4 is 0 Å². The summed E-state index contributed by atoms with van der Waals surface area (Å²) < 4.78 is 26.8. The van der Waals surface area contributed by atoms with Crippen LogP contribution in [0, 0.1) is 0 Å². The van der Waals surface area contributed by atoms with Crippen LogP contribution in [-0.4, -0.2) is 28.8 Å². The normalized spacial score (nSPS) is 13.9. The molecule has 0 rings (SSSR count). The molecule has 0 unspecified atom stereocenters. The quantitative estimate of drug-likeness (QED) is 0.289. The Morgan fingerprint density at radius 1 is 0.560 bits per heavy atom. The Bertz CT molecular complexity index is 308. The summed E-state index contributed by atoms with van der Waals surface area (Å²) in [6.45, 7) is 21.8. The SMILES string of the molecule is CC[Si](CC)(CC)[O][Ti]([O]C(C)C)([O]C(C)C)[O][Si](CC)(CC)CC. The van der Waals surface area contributed by atoms with Gasteiger partial charge < -0.3 is 0 Å². The van der Waals surface area contributed by atoms with E-state index in [4.69, 9.17) is 12.7 Å². The van der Waals surface area contributed by atoms with Gasteiger partial charge in [0.25, 0.3) is 0 Å². The van der Waals surface area contributed by atoms with Crippen LogP contribution in [0.15, 0.2) is 0 Å². The summed E-state index contributed by atoms with van der Waals surface area (Å²) in [7, 11) is -3.79. The van der Waals surface area contributed by atoms with E-state index < -0.39 is 34.8 Å². The number of rotatable bonds is 14. The molecular weight excluding hydrogens is 384 g/mol. The van der Waals surface area contributed by atoms with E-state index >= 15 is 0 Å². The predicted octanol–water partition coefficient (Wildman–Crippen LogP) is 6.69. The van der Waals surface area contributed by atoms with Gasteiger partial charge in [0, 0.05) is 0 Å². The van der Waals surface area contributed by atoms with Crippen molar-refractivity contribution in [3.63, 3.8) is 0 Å². The molecule has 0 fully saturated rings. The molecule has 0 atom stereocenters. The summed E-state index contributed by atoms with van der Waals surface area (Å²) in [5.74, 6) is 0. The Labute approximate surface area is 164 Å². The maximum absolute atomic E-state index is 6.95. The molecule has 0 aliphatic carbocycles. The summed E-state index contributed by atoms with van der Waals surface area (Å²) in [5, 5.41) is 0. The average molecular weight is 429 g/mol. The van der Waals surface area contributed by atoms with Crippen molar-refractivity contribution >= 4 is 16.6 Å². The maximum atomic E-state index is 6.95. The standard InChI is InChI=1S/2C6H15OSi.2C3H7O.Ti/c2*1-4-8(7,5-2)6-3;2*1-3(2)4;/h2*4-6H2,1-3H3;2*3H,1-2H3;/q4*-1;+4. The molecule has 0 N–H and O–H groups in total. The average Bonchev–Trinajstić information content (AvgIpc) is 2.57. The van der Waals surface area contributed by atoms with Crippen LogP contribution in [0.4, 0.5) is 0 Å². The first-order valence-corrected chi connectivity index (χ1v) is 18.0. The Kier molecular flexibility index (Phi) is 12.2. The van der Waals surface area contributed by atoms with Gasteiger partial charge in [-0.15, -0.1) is 0 Å². The van der Waals surface area contributed by atoms with E-state index in [1.54, 1.807) is 0 Å². The van der Waals surface area contributed by atoms with Crippen LogP contribution in [0.5, 0.6) is 0 Å². The summed E-state index contributed by atoms with van der Waals surface area (Å²) in [4.78, 5) is 0. The van der Waals surface area contributed by atoms with Gasteiger partial charge >= 0.3 is 165 Å². The van der Waals surface area contributed by atoms with Crippen LogP contribution in [0.1, 0.15) is 69.2 Å². The van der Waals surface area contributed by atoms with E-state index in [0.717, 1.165) is 36.3 Å². The summed E-state index contributed by atoms with van der Waals surface area (Å²) >= 11 is -3.84. The van der Waals surface area contributed by atoms with Crippen molar-refractivity contribution in [1.29, 1.82) is 0 Å². The first kappa shape index (κ1) is 26.0. The zero-order valence-electron chi connectivity index (χ0n) is 18.5. The molecule has 0 saturated heterocycles. The molecule has 0 aromatic rings. The van der Waals surface area contributed by atoms with Gasteiger partial charge in [0.05, 0.1) is 0 Å². The molecule has 152 valence electrons. The van der Waals surface area contributed by atoms with Crippen LogP contribution in [0.25, 0.3) is 0 Å². The van der Waals surface area contributed by atoms with Crippen LogP contribution in [-0.2, 0) is 30.8 Å². The molecule has 0 heterocycles. The number of hydrogen-bond donors (Lipinski definition) is 0. The fraction of sp³-hybridized carbons (Fsp3) is 1.00. The summed E-state index contributed by atoms with van der Waals surface area (Å²) in [6.07, 6.45) is 0.0987. The molecular formula is C18H44O4Si2Ti. The van der Waals surface area contributed by atoms with Crippen LogP contribution in [0.2, 0.25) is 36.3 Å². The van der Waals surface area contributed by atoms with Gasteiger partial charge in [-0.05, 0) is 0 Å². The van der Waals surface area contributed by atoms with E-state index in [1.165, 1.54) is 0 Å². The van der Waals surface area contributed by atoms with Crippen molar-refractivity contribution < 1.29 is 30.8 Å². The third-order valence-electron chi connectivity index (χ3n) is 5.31. The molecule has 0 aliphatic rings. The van der Waals surface area contributed by atoms with Crippen molar-refractivity contribution in [3.8, 4) is 0 Å². The summed E-state index contributed by atoms with van der Waals surface area (Å²) in [5.41, 5.74) is 0. The zero-order valence-corrected chi connectivity index (χ0v) is 22.1. The Morgan fingerprint density at radius 3 is 0.960 bits per heavy atom. The van der Waals surface area contributed by atoms with Gasteiger partial charge in [-0.2, -0.15) is 0 Å². The van der Waals surface area contributed by atoms with Crippen molar-refractivity contribution in [3.05, 3.63) is 0 Å². The first-order chi connectivity index (χ1) is 11.6. The molecule has 0 aliphatic heterocycles. The van der Waals surface area contributed by atoms with E-state index in [0.29, 0.717) is 0 Å². The minimum atomic E-state index is -3.84. The molecule has 25 heavy (non-hydrogen) atoms. The van der Waals surface area contributed by atoms with Crippen molar-refractivity contribution in [1.82, 2.24) is 0 Å². The molecule has 0 bridgehead atoms. The molecule has 7 heteroatoms. The van der Waals surface area contributed by atoms with Crippen molar-refractivity contribution in [2.24, 2.45) is 0 Å². The van der Waals surface area contributed by atoms with Crippen molar-refractivity contribution in [2.75, 3.05) is 0 Å². The number of hydrogen-bond acceptors (Lipinski definition) is 4. The Balaban J connectivity index is 6.02. The predicted molar refractivity (Wildman–Crippen MR) is 109 cm³/mol. The van der Waals surface area contributed by atoms with Gasteiger partial charge in [-0.25, -0.2) is 0 Å². The topological polar surface area (TPSA) is 36.9 Å². The monoisotopic (exact) mass is 428 g/mol. The van der Waals surface area contributed by atoms with Crippen LogP contribution in [0.3, 0.4) is 0 Å². The second-order valence-corrected chi connectivity index (χ2v) is 21.1. The van der Waals surface area contributed by atoms with Gasteiger partial charge in [-0.1, -0.05) is 0 Å². The zero-order chi connectivity index (χ0) is 19.7. The van der Waals surface area contributed by atoms with Crippen molar-refractivity contribution in [2.45, 2.75) is 118 Å². The van der Waals surface area contributed by atoms with E-state index in [2.05, 4.69) is 69.2 Å². The molecule has 4 nitrogen and oxygen atoms in total. The van der Waals surface area contributed by atoms with E-state index in [1.807, 2.05) is 0 Å². The molecule has 0 radical (unpaired) electrons. The second kappa shape index (κ2) is 11.7. The Hall–Kier alpha value is 0.988. The first-order valence-electron chi connectivity index (χ1n) is 10.4.